The predicted molar refractivity (Wildman–Crippen MR) is 257 cm³/mol. The number of esters is 4. The molecule has 1 saturated heterocycles. The van der Waals surface area contributed by atoms with E-state index in [2.05, 4.69) is 5.32 Å². The van der Waals surface area contributed by atoms with Crippen LogP contribution in [0.2, 0.25) is 0 Å². The quantitative estimate of drug-likeness (QED) is 0.0544. The Bertz CT molecular complexity index is 2780. The van der Waals surface area contributed by atoms with Gasteiger partial charge in [-0.1, -0.05) is 117 Å². The van der Waals surface area contributed by atoms with E-state index in [4.69, 9.17) is 23.7 Å². The molecule has 0 spiro atoms. The number of rotatable bonds is 14. The molecule has 72 heavy (non-hydrogen) atoms. The van der Waals surface area contributed by atoms with Crippen LogP contribution < -0.4 is 5.32 Å². The van der Waals surface area contributed by atoms with E-state index in [0.717, 1.165) is 19.4 Å². The van der Waals surface area contributed by atoms with Crippen LogP contribution in [0.5, 0.6) is 0 Å². The molecular weight excluding hydrogens is 927 g/mol. The smallest absolute Gasteiger partial charge is 0.338 e. The lowest BCUT2D eigenvalue weighted by atomic mass is 9.44. The van der Waals surface area contributed by atoms with Crippen molar-refractivity contribution in [3.05, 3.63) is 154 Å². The minimum absolute atomic E-state index is 0.0183. The van der Waals surface area contributed by atoms with Crippen LogP contribution in [0.25, 0.3) is 0 Å². The first-order chi connectivity index (χ1) is 34.1. The van der Waals surface area contributed by atoms with Crippen molar-refractivity contribution in [3.8, 4) is 0 Å². The van der Waals surface area contributed by atoms with Gasteiger partial charge in [0.15, 0.2) is 29.4 Å². The van der Waals surface area contributed by atoms with Gasteiger partial charge in [-0.15, -0.1) is 0 Å². The number of aryl methyl sites for hydroxylation is 1. The van der Waals surface area contributed by atoms with Crippen LogP contribution in [-0.4, -0.2) is 111 Å². The second-order valence-electron chi connectivity index (χ2n) is 20.0. The Balaban J connectivity index is 1.14. The molecule has 8 rings (SSSR count). The highest BCUT2D eigenvalue weighted by molar-refractivity contribution is 6.09. The largest absolute Gasteiger partial charge is 0.456 e. The Kier molecular flexibility index (Phi) is 14.3. The Morgan fingerprint density at radius 2 is 1.36 bits per heavy atom. The number of Topliss-reactive ketones (excluding diaryl/α,β-unsaturated/α-hetero) is 1. The van der Waals surface area contributed by atoms with Crippen molar-refractivity contribution in [2.45, 2.75) is 121 Å². The summed E-state index contributed by atoms with van der Waals surface area (Å²) in [4.78, 5) is 97.3. The average molecular weight is 986 g/mol. The number of ketones is 2. The van der Waals surface area contributed by atoms with E-state index in [0.29, 0.717) is 16.7 Å². The molecule has 2 saturated carbocycles. The fourth-order valence-electron chi connectivity index (χ4n) is 11.5. The van der Waals surface area contributed by atoms with E-state index in [1.54, 1.807) is 111 Å². The first-order valence-electron chi connectivity index (χ1n) is 24.0. The minimum Gasteiger partial charge on any atom is -0.456 e. The molecule has 3 fully saturated rings. The van der Waals surface area contributed by atoms with Gasteiger partial charge in [0.2, 0.25) is 5.91 Å². The van der Waals surface area contributed by atoms with Gasteiger partial charge in [0.1, 0.15) is 23.9 Å². The van der Waals surface area contributed by atoms with Crippen LogP contribution in [0.4, 0.5) is 0 Å². The highest BCUT2D eigenvalue weighted by atomic mass is 16.6. The highest BCUT2D eigenvalue weighted by Crippen LogP contribution is 2.64. The Morgan fingerprint density at radius 3 is 1.93 bits per heavy atom. The number of carbonyl (C=O) groups is 7. The fourth-order valence-corrected chi connectivity index (χ4v) is 11.5. The number of hydrogen-bond donors (Lipinski definition) is 4. The van der Waals surface area contributed by atoms with Crippen molar-refractivity contribution in [1.82, 2.24) is 5.32 Å². The molecule has 0 unspecified atom stereocenters. The van der Waals surface area contributed by atoms with Gasteiger partial charge < -0.3 is 44.3 Å². The zero-order chi connectivity index (χ0) is 51.9. The summed E-state index contributed by atoms with van der Waals surface area (Å²) in [5.74, 6) is -7.01. The standard InChI is InChI=1S/C56H59NO15/c1-31-39(70-52(66)46(63)44(35-16-10-7-11-17-35)57-42(61)27-24-34-22-25-37(26-23-34)45(62)36-18-12-8-13-19-36)29-56(67)50(71-51(65)38-20-14-9-15-21-38)48-54(6,40(60)28-41-55(48,30-68-41)72-33(3)59)49(64)47(69-32(2)58)43(31)53(56,4)5/h7-23,25-26,39-41,44,46-48,50,60,63,67H,24,27-30H2,1-6H3,(H,57,61)/t39-,40-,41+,44-,46+,47+,48-,50-,54+,55-,56+/m0/s1. The number of hydrogen-bond acceptors (Lipinski definition) is 15. The number of fused-ring (bicyclic) bond motifs is 5. The summed E-state index contributed by atoms with van der Waals surface area (Å²) in [5.41, 5.74) is -5.66. The van der Waals surface area contributed by atoms with Crippen LogP contribution in [0.3, 0.4) is 0 Å². The second kappa shape index (κ2) is 20.0. The van der Waals surface area contributed by atoms with Gasteiger partial charge in [0, 0.05) is 49.7 Å². The molecule has 2 bridgehead atoms. The van der Waals surface area contributed by atoms with Gasteiger partial charge in [0.05, 0.1) is 35.6 Å². The maximum Gasteiger partial charge on any atom is 0.338 e. The number of carbonyl (C=O) groups excluding carboxylic acids is 7. The molecule has 1 amide bonds. The van der Waals surface area contributed by atoms with Crippen molar-refractivity contribution in [3.63, 3.8) is 0 Å². The summed E-state index contributed by atoms with van der Waals surface area (Å²) in [7, 11) is 0. The first-order valence-corrected chi connectivity index (χ1v) is 24.0. The number of ether oxygens (including phenoxy) is 5. The maximum absolute atomic E-state index is 15.6. The zero-order valence-electron chi connectivity index (χ0n) is 40.9. The molecule has 0 aromatic heterocycles. The van der Waals surface area contributed by atoms with E-state index < -0.39 is 113 Å². The van der Waals surface area contributed by atoms with Gasteiger partial charge >= 0.3 is 23.9 Å². The van der Waals surface area contributed by atoms with Gasteiger partial charge in [-0.05, 0) is 54.7 Å². The summed E-state index contributed by atoms with van der Waals surface area (Å²) in [6, 6.07) is 30.4. The molecule has 1 heterocycles. The lowest BCUT2D eigenvalue weighted by Crippen LogP contribution is -2.82. The number of amides is 1. The molecule has 16 heteroatoms. The summed E-state index contributed by atoms with van der Waals surface area (Å²) >= 11 is 0. The molecule has 378 valence electrons. The SMILES string of the molecule is CC(=O)O[C@H]1C(=O)[C@@]2(C)[C@H]([C@H](OC(=O)c3ccccc3)[C@]3(O)C[C@H](OC(=O)[C@H](O)[C@@H](NC(=O)CCc4ccc(C(=O)c5ccccc5)cc4)c4ccccc4)C(C)=C1C3(C)C)[C@]1(OC(C)=O)CO[C@@H]1C[C@@H]2O. The maximum atomic E-state index is 15.6. The van der Waals surface area contributed by atoms with Crippen LogP contribution in [0, 0.1) is 16.7 Å². The van der Waals surface area contributed by atoms with Crippen molar-refractivity contribution < 1.29 is 72.6 Å². The van der Waals surface area contributed by atoms with Gasteiger partial charge in [-0.3, -0.25) is 24.0 Å². The van der Waals surface area contributed by atoms with Crippen LogP contribution in [0.1, 0.15) is 104 Å². The van der Waals surface area contributed by atoms with Crippen molar-refractivity contribution >= 4 is 41.4 Å². The number of aliphatic hydroxyl groups is 3. The van der Waals surface area contributed by atoms with E-state index in [1.807, 2.05) is 6.07 Å². The molecule has 0 radical (unpaired) electrons. The molecule has 4 N–H and O–H groups in total. The molecule has 1 aliphatic heterocycles. The molecule has 4 aromatic carbocycles. The summed E-state index contributed by atoms with van der Waals surface area (Å²) in [6.45, 7) is 7.93. The lowest BCUT2D eigenvalue weighted by molar-refractivity contribution is -0.346. The minimum atomic E-state index is -2.42. The molecular formula is C56H59NO15. The number of benzene rings is 4. The van der Waals surface area contributed by atoms with E-state index in [9.17, 15) is 44.1 Å². The van der Waals surface area contributed by atoms with Gasteiger partial charge in [0.25, 0.3) is 0 Å². The van der Waals surface area contributed by atoms with Crippen LogP contribution in [-0.2, 0) is 54.1 Å². The summed E-state index contributed by atoms with van der Waals surface area (Å²) in [6.07, 6.45) is -10.5. The predicted octanol–water partition coefficient (Wildman–Crippen LogP) is 5.29. The molecule has 4 aromatic rings. The molecule has 11 atom stereocenters. The molecule has 3 aliphatic carbocycles. The Labute approximate surface area is 416 Å². The number of aliphatic hydroxyl groups excluding tert-OH is 2. The second-order valence-corrected chi connectivity index (χ2v) is 20.0. The topological polar surface area (TPSA) is 238 Å². The summed E-state index contributed by atoms with van der Waals surface area (Å²) in [5, 5.41) is 40.6. The van der Waals surface area contributed by atoms with Crippen molar-refractivity contribution in [1.29, 1.82) is 0 Å². The van der Waals surface area contributed by atoms with Crippen molar-refractivity contribution in [2.24, 2.45) is 16.7 Å². The van der Waals surface area contributed by atoms with Gasteiger partial charge in [-0.2, -0.15) is 0 Å². The Hall–Kier alpha value is -6.85. The third-order valence-corrected chi connectivity index (χ3v) is 15.4. The highest BCUT2D eigenvalue weighted by Gasteiger charge is 2.78. The third kappa shape index (κ3) is 9.16. The normalized spacial score (nSPS) is 29.0. The number of nitrogens with one attached hydrogen (secondary N) is 1. The van der Waals surface area contributed by atoms with Crippen molar-refractivity contribution in [2.75, 3.05) is 6.61 Å². The summed E-state index contributed by atoms with van der Waals surface area (Å²) < 4.78 is 30.4. The third-order valence-electron chi connectivity index (χ3n) is 15.4. The molecule has 16 nitrogen and oxygen atoms in total. The average Bonchev–Trinajstić information content (AvgIpc) is 3.36. The van der Waals surface area contributed by atoms with Gasteiger partial charge in [-0.25, -0.2) is 9.59 Å². The monoisotopic (exact) mass is 985 g/mol. The van der Waals surface area contributed by atoms with E-state index in [-0.39, 0.29) is 48.4 Å². The molecule has 4 aliphatic rings. The lowest BCUT2D eigenvalue weighted by Gasteiger charge is -2.67. The van der Waals surface area contributed by atoms with Crippen LogP contribution in [0.15, 0.2) is 126 Å². The zero-order valence-corrected chi connectivity index (χ0v) is 40.9. The van der Waals surface area contributed by atoms with E-state index in [1.165, 1.54) is 26.0 Å². The van der Waals surface area contributed by atoms with Crippen LogP contribution >= 0.6 is 0 Å². The van der Waals surface area contributed by atoms with E-state index >= 15 is 4.79 Å². The fraction of sp³-hybridized carbons (Fsp3) is 0.411. The first kappa shape index (κ1) is 51.5. The Morgan fingerprint density at radius 1 is 0.778 bits per heavy atom.